The van der Waals surface area contributed by atoms with E-state index in [1.807, 2.05) is 32.0 Å². The third kappa shape index (κ3) is 3.34. The highest BCUT2D eigenvalue weighted by molar-refractivity contribution is 6.36. The molecule has 0 saturated carbocycles. The largest absolute Gasteiger partial charge is 0.467 e. The van der Waals surface area contributed by atoms with Crippen LogP contribution in [0.5, 0.6) is 11.5 Å². The lowest BCUT2D eigenvalue weighted by molar-refractivity contribution is -0.137. The Morgan fingerprint density at radius 1 is 0.968 bits per heavy atom. The first-order valence-corrected chi connectivity index (χ1v) is 9.88. The van der Waals surface area contributed by atoms with Gasteiger partial charge in [-0.3, -0.25) is 14.5 Å². The summed E-state index contributed by atoms with van der Waals surface area (Å²) < 4.78 is 16.1. The molecule has 2 aromatic carbocycles. The van der Waals surface area contributed by atoms with E-state index in [9.17, 15) is 9.59 Å². The summed E-state index contributed by atoms with van der Waals surface area (Å²) in [7, 11) is 0. The van der Waals surface area contributed by atoms with Gasteiger partial charge in [-0.15, -0.1) is 0 Å². The van der Waals surface area contributed by atoms with E-state index in [1.165, 1.54) is 11.2 Å². The van der Waals surface area contributed by atoms with E-state index in [1.54, 1.807) is 30.3 Å². The summed E-state index contributed by atoms with van der Waals surface area (Å²) in [5.74, 6) is 0.988. The fourth-order valence-corrected chi connectivity index (χ4v) is 3.86. The number of furan rings is 1. The molecule has 0 bridgehead atoms. The number of carbonyl (C=O) groups excluding carboxylic acids is 2. The second-order valence-electron chi connectivity index (χ2n) is 7.54. The van der Waals surface area contributed by atoms with Crippen LogP contribution in [-0.2, 0) is 16.1 Å². The molecule has 0 fully saturated rings. The quantitative estimate of drug-likeness (QED) is 0.633. The maximum Gasteiger partial charge on any atom is 0.278 e. The van der Waals surface area contributed by atoms with Gasteiger partial charge in [-0.25, -0.2) is 0 Å². The SMILES string of the molecule is Cc1ccc(C2=C(Nc3ccc4c(c3)OCO4)C(=O)N(Cc3ccco3)C2=O)c(C)c1. The van der Waals surface area contributed by atoms with Crippen molar-refractivity contribution in [3.63, 3.8) is 0 Å². The van der Waals surface area contributed by atoms with Crippen LogP contribution in [0.4, 0.5) is 5.69 Å². The highest BCUT2D eigenvalue weighted by Crippen LogP contribution is 2.37. The number of fused-ring (bicyclic) bond motifs is 1. The van der Waals surface area contributed by atoms with Crippen molar-refractivity contribution in [2.24, 2.45) is 0 Å². The zero-order valence-corrected chi connectivity index (χ0v) is 17.1. The number of aryl methyl sites for hydroxylation is 2. The molecule has 7 heteroatoms. The van der Waals surface area contributed by atoms with Crippen LogP contribution < -0.4 is 14.8 Å². The molecule has 2 amide bonds. The number of hydrogen-bond acceptors (Lipinski definition) is 6. The Kier molecular flexibility index (Phi) is 4.51. The summed E-state index contributed by atoms with van der Waals surface area (Å²) in [6.07, 6.45) is 1.52. The topological polar surface area (TPSA) is 81.0 Å². The minimum atomic E-state index is -0.408. The molecule has 0 atom stereocenters. The van der Waals surface area contributed by atoms with Gasteiger partial charge >= 0.3 is 0 Å². The number of nitrogens with zero attached hydrogens (tertiary/aromatic N) is 1. The van der Waals surface area contributed by atoms with Crippen molar-refractivity contribution in [2.45, 2.75) is 20.4 Å². The number of imide groups is 1. The first-order valence-electron chi connectivity index (χ1n) is 9.88. The molecule has 0 radical (unpaired) electrons. The third-order valence-corrected chi connectivity index (χ3v) is 5.36. The van der Waals surface area contributed by atoms with E-state index in [4.69, 9.17) is 13.9 Å². The second-order valence-corrected chi connectivity index (χ2v) is 7.54. The zero-order valence-electron chi connectivity index (χ0n) is 17.1. The highest BCUT2D eigenvalue weighted by atomic mass is 16.7. The minimum Gasteiger partial charge on any atom is -0.467 e. The summed E-state index contributed by atoms with van der Waals surface area (Å²) in [5, 5.41) is 3.15. The van der Waals surface area contributed by atoms with Crippen LogP contribution in [-0.4, -0.2) is 23.5 Å². The fraction of sp³-hybridized carbons (Fsp3) is 0.167. The van der Waals surface area contributed by atoms with Crippen LogP contribution in [0.2, 0.25) is 0 Å². The summed E-state index contributed by atoms with van der Waals surface area (Å²) in [5.41, 5.74) is 3.91. The normalized spacial score (nSPS) is 15.2. The third-order valence-electron chi connectivity index (χ3n) is 5.36. The van der Waals surface area contributed by atoms with Gasteiger partial charge in [0.1, 0.15) is 11.5 Å². The minimum absolute atomic E-state index is 0.0609. The monoisotopic (exact) mass is 416 g/mol. The van der Waals surface area contributed by atoms with Gasteiger partial charge in [0.05, 0.1) is 18.4 Å². The number of amides is 2. The zero-order chi connectivity index (χ0) is 21.5. The summed E-state index contributed by atoms with van der Waals surface area (Å²) >= 11 is 0. The molecular formula is C24H20N2O5. The lowest BCUT2D eigenvalue weighted by atomic mass is 9.97. The first-order chi connectivity index (χ1) is 15.0. The molecule has 2 aliphatic rings. The number of anilines is 1. The van der Waals surface area contributed by atoms with Crippen molar-refractivity contribution >= 4 is 23.1 Å². The highest BCUT2D eigenvalue weighted by Gasteiger charge is 2.40. The van der Waals surface area contributed by atoms with Crippen molar-refractivity contribution in [2.75, 3.05) is 12.1 Å². The number of hydrogen-bond donors (Lipinski definition) is 1. The van der Waals surface area contributed by atoms with E-state index in [0.717, 1.165) is 11.1 Å². The molecule has 0 aliphatic carbocycles. The van der Waals surface area contributed by atoms with Gasteiger partial charge in [0.2, 0.25) is 6.79 Å². The Morgan fingerprint density at radius 2 is 1.81 bits per heavy atom. The Bertz CT molecular complexity index is 1230. The number of rotatable bonds is 5. The Balaban J connectivity index is 1.57. The lowest BCUT2D eigenvalue weighted by Crippen LogP contribution is -2.31. The summed E-state index contributed by atoms with van der Waals surface area (Å²) in [6, 6.07) is 14.6. The van der Waals surface area contributed by atoms with Crippen LogP contribution >= 0.6 is 0 Å². The molecule has 5 rings (SSSR count). The van der Waals surface area contributed by atoms with Gasteiger partial charge < -0.3 is 19.2 Å². The van der Waals surface area contributed by atoms with Crippen LogP contribution in [0.1, 0.15) is 22.5 Å². The number of ether oxygens (including phenoxy) is 2. The van der Waals surface area contributed by atoms with E-state index in [0.29, 0.717) is 34.1 Å². The molecule has 0 spiro atoms. The maximum absolute atomic E-state index is 13.4. The Morgan fingerprint density at radius 3 is 2.58 bits per heavy atom. The van der Waals surface area contributed by atoms with Gasteiger partial charge in [0.25, 0.3) is 11.8 Å². The second kappa shape index (κ2) is 7.36. The van der Waals surface area contributed by atoms with E-state index in [2.05, 4.69) is 5.32 Å². The standard InChI is InChI=1S/C24H20N2O5/c1-14-5-7-18(15(2)10-14)21-22(25-16-6-8-19-20(11-16)31-13-30-19)24(28)26(23(21)27)12-17-4-3-9-29-17/h3-11,25H,12-13H2,1-2H3. The molecule has 2 aliphatic heterocycles. The number of carbonyl (C=O) groups is 2. The molecule has 3 heterocycles. The van der Waals surface area contributed by atoms with Crippen LogP contribution in [0.15, 0.2) is 64.9 Å². The van der Waals surface area contributed by atoms with Crippen molar-refractivity contribution in [3.05, 3.63) is 82.9 Å². The van der Waals surface area contributed by atoms with E-state index in [-0.39, 0.29) is 24.9 Å². The van der Waals surface area contributed by atoms with Crippen LogP contribution in [0.25, 0.3) is 5.57 Å². The van der Waals surface area contributed by atoms with Crippen molar-refractivity contribution in [1.29, 1.82) is 0 Å². The van der Waals surface area contributed by atoms with Gasteiger partial charge in [0, 0.05) is 11.8 Å². The molecule has 31 heavy (non-hydrogen) atoms. The van der Waals surface area contributed by atoms with Crippen LogP contribution in [0, 0.1) is 13.8 Å². The number of nitrogens with one attached hydrogen (secondary N) is 1. The molecule has 3 aromatic rings. The average molecular weight is 416 g/mol. The summed E-state index contributed by atoms with van der Waals surface area (Å²) in [4.78, 5) is 27.9. The van der Waals surface area contributed by atoms with Crippen molar-refractivity contribution in [1.82, 2.24) is 4.90 Å². The number of benzene rings is 2. The average Bonchev–Trinajstić information content (AvgIpc) is 3.47. The molecule has 1 aromatic heterocycles. The van der Waals surface area contributed by atoms with Gasteiger partial charge in [-0.05, 0) is 49.2 Å². The van der Waals surface area contributed by atoms with Crippen LogP contribution in [0.3, 0.4) is 0 Å². The summed E-state index contributed by atoms with van der Waals surface area (Å²) in [6.45, 7) is 4.14. The molecule has 1 N–H and O–H groups in total. The predicted octanol–water partition coefficient (Wildman–Crippen LogP) is 4.02. The van der Waals surface area contributed by atoms with Crippen molar-refractivity contribution in [3.8, 4) is 11.5 Å². The smallest absolute Gasteiger partial charge is 0.278 e. The maximum atomic E-state index is 13.4. The van der Waals surface area contributed by atoms with E-state index >= 15 is 0 Å². The van der Waals surface area contributed by atoms with E-state index < -0.39 is 5.91 Å². The molecule has 0 unspecified atom stereocenters. The molecule has 7 nitrogen and oxygen atoms in total. The van der Waals surface area contributed by atoms with Crippen molar-refractivity contribution < 1.29 is 23.5 Å². The Hall–Kier alpha value is -4.00. The van der Waals surface area contributed by atoms with Gasteiger partial charge in [-0.1, -0.05) is 23.8 Å². The predicted molar refractivity (Wildman–Crippen MR) is 113 cm³/mol. The lowest BCUT2D eigenvalue weighted by Gasteiger charge is -2.14. The van der Waals surface area contributed by atoms with Gasteiger partial charge in [-0.2, -0.15) is 0 Å². The molecular weight excluding hydrogens is 396 g/mol. The van der Waals surface area contributed by atoms with Gasteiger partial charge in [0.15, 0.2) is 11.5 Å². The fourth-order valence-electron chi connectivity index (χ4n) is 3.86. The molecule has 156 valence electrons. The first kappa shape index (κ1) is 19.0. The molecule has 0 saturated heterocycles. The Labute approximate surface area is 178 Å².